The molecule has 7 nitrogen and oxygen atoms in total. The van der Waals surface area contributed by atoms with E-state index in [0.29, 0.717) is 13.1 Å². The van der Waals surface area contributed by atoms with E-state index in [4.69, 9.17) is 4.74 Å². The van der Waals surface area contributed by atoms with Gasteiger partial charge in [0.2, 0.25) is 5.91 Å². The molecule has 2 heterocycles. The van der Waals surface area contributed by atoms with Crippen LogP contribution >= 0.6 is 0 Å². The van der Waals surface area contributed by atoms with Crippen LogP contribution in [0.2, 0.25) is 0 Å². The summed E-state index contributed by atoms with van der Waals surface area (Å²) in [7, 11) is 0. The van der Waals surface area contributed by atoms with Crippen LogP contribution in [0.5, 0.6) is 0 Å². The minimum Gasteiger partial charge on any atom is -0.447 e. The van der Waals surface area contributed by atoms with Gasteiger partial charge in [0.1, 0.15) is 18.5 Å². The molecule has 3 rings (SSSR count). The van der Waals surface area contributed by atoms with Crippen molar-refractivity contribution in [1.82, 2.24) is 20.0 Å². The zero-order chi connectivity index (χ0) is 16.9. The molecule has 1 aromatic heterocycles. The van der Waals surface area contributed by atoms with Crippen molar-refractivity contribution in [3.63, 3.8) is 0 Å². The van der Waals surface area contributed by atoms with E-state index in [9.17, 15) is 14.0 Å². The van der Waals surface area contributed by atoms with E-state index in [1.54, 1.807) is 35.3 Å². The molecule has 1 N–H and O–H groups in total. The van der Waals surface area contributed by atoms with E-state index in [-0.39, 0.29) is 24.9 Å². The molecular weight excluding hydrogens is 315 g/mol. The quantitative estimate of drug-likeness (QED) is 0.861. The van der Waals surface area contributed by atoms with Gasteiger partial charge in [-0.1, -0.05) is 12.1 Å². The van der Waals surface area contributed by atoms with Crippen LogP contribution in [0.4, 0.5) is 9.18 Å². The van der Waals surface area contributed by atoms with Crippen molar-refractivity contribution in [2.24, 2.45) is 0 Å². The number of rotatable bonds is 6. The van der Waals surface area contributed by atoms with Crippen LogP contribution in [-0.2, 0) is 22.6 Å². The number of carbonyl (C=O) groups is 2. The Hall–Kier alpha value is -2.90. The van der Waals surface area contributed by atoms with Crippen molar-refractivity contribution in [2.75, 3.05) is 13.2 Å². The van der Waals surface area contributed by atoms with Gasteiger partial charge in [0.25, 0.3) is 0 Å². The molecule has 0 aliphatic carbocycles. The molecule has 1 aromatic carbocycles. The van der Waals surface area contributed by atoms with Crippen LogP contribution in [0, 0.1) is 5.82 Å². The molecule has 24 heavy (non-hydrogen) atoms. The van der Waals surface area contributed by atoms with Gasteiger partial charge in [0.15, 0.2) is 0 Å². The van der Waals surface area contributed by atoms with Crippen LogP contribution in [0.1, 0.15) is 5.56 Å². The van der Waals surface area contributed by atoms with Gasteiger partial charge in [0, 0.05) is 18.9 Å². The SMILES string of the molecule is O=C(NCCn1cccn1)[C@@H]1COC(=O)N1Cc1ccc(F)cc1. The highest BCUT2D eigenvalue weighted by molar-refractivity contribution is 5.87. The molecule has 2 amide bonds. The van der Waals surface area contributed by atoms with E-state index >= 15 is 0 Å². The number of halogens is 1. The number of benzene rings is 1. The second kappa shape index (κ2) is 7.12. The monoisotopic (exact) mass is 332 g/mol. The number of ether oxygens (including phenoxy) is 1. The highest BCUT2D eigenvalue weighted by Crippen LogP contribution is 2.17. The van der Waals surface area contributed by atoms with Gasteiger partial charge < -0.3 is 10.1 Å². The zero-order valence-electron chi connectivity index (χ0n) is 12.9. The van der Waals surface area contributed by atoms with Gasteiger partial charge in [-0.15, -0.1) is 0 Å². The smallest absolute Gasteiger partial charge is 0.410 e. The third-order valence-corrected chi connectivity index (χ3v) is 3.74. The molecule has 0 spiro atoms. The Morgan fingerprint density at radius 1 is 1.38 bits per heavy atom. The number of amides is 2. The Morgan fingerprint density at radius 3 is 2.88 bits per heavy atom. The van der Waals surface area contributed by atoms with Gasteiger partial charge in [-0.3, -0.25) is 14.4 Å². The average molecular weight is 332 g/mol. The summed E-state index contributed by atoms with van der Waals surface area (Å²) in [6.07, 6.45) is 2.91. The summed E-state index contributed by atoms with van der Waals surface area (Å²) in [6, 6.07) is 6.89. The highest BCUT2D eigenvalue weighted by atomic mass is 19.1. The molecular formula is C16H17FN4O3. The van der Waals surface area contributed by atoms with E-state index in [2.05, 4.69) is 10.4 Å². The summed E-state index contributed by atoms with van der Waals surface area (Å²) in [5.41, 5.74) is 0.726. The average Bonchev–Trinajstić information content (AvgIpc) is 3.20. The molecule has 8 heteroatoms. The second-order valence-corrected chi connectivity index (χ2v) is 5.41. The largest absolute Gasteiger partial charge is 0.447 e. The number of cyclic esters (lactones) is 1. The number of aromatic nitrogens is 2. The van der Waals surface area contributed by atoms with Crippen LogP contribution in [0.15, 0.2) is 42.7 Å². The van der Waals surface area contributed by atoms with Crippen LogP contribution in [-0.4, -0.2) is 45.9 Å². The molecule has 0 saturated carbocycles. The Labute approximate surface area is 138 Å². The summed E-state index contributed by atoms with van der Waals surface area (Å²) in [4.78, 5) is 25.5. The van der Waals surface area contributed by atoms with Gasteiger partial charge in [0.05, 0.1) is 13.1 Å². The maximum atomic E-state index is 13.0. The topological polar surface area (TPSA) is 76.5 Å². The van der Waals surface area contributed by atoms with E-state index in [1.807, 2.05) is 0 Å². The zero-order valence-corrected chi connectivity index (χ0v) is 12.9. The predicted molar refractivity (Wildman–Crippen MR) is 82.3 cm³/mol. The van der Waals surface area contributed by atoms with Crippen LogP contribution in [0.25, 0.3) is 0 Å². The summed E-state index contributed by atoms with van der Waals surface area (Å²) in [6.45, 7) is 1.14. The van der Waals surface area contributed by atoms with Crippen molar-refractivity contribution >= 4 is 12.0 Å². The third-order valence-electron chi connectivity index (χ3n) is 3.74. The molecule has 1 aliphatic heterocycles. The minimum atomic E-state index is -0.694. The van der Waals surface area contributed by atoms with E-state index in [1.165, 1.54) is 17.0 Å². The molecule has 1 saturated heterocycles. The number of nitrogens with one attached hydrogen (secondary N) is 1. The van der Waals surface area contributed by atoms with Crippen molar-refractivity contribution < 1.29 is 18.7 Å². The molecule has 2 aromatic rings. The number of hydrogen-bond donors (Lipinski definition) is 1. The van der Waals surface area contributed by atoms with Crippen LogP contribution < -0.4 is 5.32 Å². The molecule has 1 fully saturated rings. The van der Waals surface area contributed by atoms with Crippen molar-refractivity contribution in [1.29, 1.82) is 0 Å². The van der Waals surface area contributed by atoms with Gasteiger partial charge in [-0.2, -0.15) is 5.10 Å². The van der Waals surface area contributed by atoms with E-state index in [0.717, 1.165) is 5.56 Å². The maximum Gasteiger partial charge on any atom is 0.410 e. The molecule has 0 unspecified atom stereocenters. The normalized spacial score (nSPS) is 17.0. The molecule has 1 aliphatic rings. The standard InChI is InChI=1S/C16H17FN4O3/c17-13-4-2-12(3-5-13)10-21-14(11-24-16(21)23)15(22)18-7-9-20-8-1-6-19-20/h1-6,8,14H,7,9-11H2,(H,18,22)/t14-/m0/s1. The first-order valence-corrected chi connectivity index (χ1v) is 7.56. The van der Waals surface area contributed by atoms with Gasteiger partial charge in [-0.05, 0) is 23.8 Å². The minimum absolute atomic E-state index is 0.00757. The fourth-order valence-electron chi connectivity index (χ4n) is 2.47. The van der Waals surface area contributed by atoms with Gasteiger partial charge in [-0.25, -0.2) is 9.18 Å². The Balaban J connectivity index is 1.57. The summed E-state index contributed by atoms with van der Waals surface area (Å²) in [5, 5.41) is 6.82. The number of nitrogens with zero attached hydrogens (tertiary/aromatic N) is 3. The van der Waals surface area contributed by atoms with Crippen molar-refractivity contribution in [2.45, 2.75) is 19.1 Å². The fourth-order valence-corrected chi connectivity index (χ4v) is 2.47. The first-order chi connectivity index (χ1) is 11.6. The first-order valence-electron chi connectivity index (χ1n) is 7.56. The molecule has 126 valence electrons. The highest BCUT2D eigenvalue weighted by Gasteiger charge is 2.37. The summed E-state index contributed by atoms with van der Waals surface area (Å²) >= 11 is 0. The number of carbonyl (C=O) groups excluding carboxylic acids is 2. The fraction of sp³-hybridized carbons (Fsp3) is 0.312. The first kappa shape index (κ1) is 16.0. The van der Waals surface area contributed by atoms with Gasteiger partial charge >= 0.3 is 6.09 Å². The lowest BCUT2D eigenvalue weighted by molar-refractivity contribution is -0.125. The van der Waals surface area contributed by atoms with Crippen molar-refractivity contribution in [3.05, 3.63) is 54.1 Å². The number of hydrogen-bond acceptors (Lipinski definition) is 4. The second-order valence-electron chi connectivity index (χ2n) is 5.41. The summed E-state index contributed by atoms with van der Waals surface area (Å²) in [5.74, 6) is -0.634. The lowest BCUT2D eigenvalue weighted by atomic mass is 10.2. The maximum absolute atomic E-state index is 13.0. The predicted octanol–water partition coefficient (Wildman–Crippen LogP) is 1.16. The third kappa shape index (κ3) is 3.70. The molecule has 0 radical (unpaired) electrons. The molecule has 1 atom stereocenters. The lowest BCUT2D eigenvalue weighted by Crippen LogP contribution is -2.46. The Kier molecular flexibility index (Phi) is 4.74. The van der Waals surface area contributed by atoms with E-state index < -0.39 is 12.1 Å². The lowest BCUT2D eigenvalue weighted by Gasteiger charge is -2.20. The van der Waals surface area contributed by atoms with Crippen molar-refractivity contribution in [3.8, 4) is 0 Å². The molecule has 0 bridgehead atoms. The van der Waals surface area contributed by atoms with Crippen LogP contribution in [0.3, 0.4) is 0 Å². The Bertz CT molecular complexity index is 703. The summed E-state index contributed by atoms with van der Waals surface area (Å²) < 4.78 is 19.6. The Morgan fingerprint density at radius 2 is 2.17 bits per heavy atom.